The fourth-order valence-corrected chi connectivity index (χ4v) is 3.97. The van der Waals surface area contributed by atoms with Crippen molar-refractivity contribution in [2.75, 3.05) is 32.6 Å². The number of rotatable bonds is 8. The third-order valence-corrected chi connectivity index (χ3v) is 6.39. The number of carbonyl (C=O) groups is 2. The molecule has 1 amide bonds. The summed E-state index contributed by atoms with van der Waals surface area (Å²) in [6, 6.07) is 5.18. The van der Waals surface area contributed by atoms with Crippen LogP contribution in [0.1, 0.15) is 55.2 Å². The van der Waals surface area contributed by atoms with Gasteiger partial charge in [0.05, 0.1) is 23.3 Å². The summed E-state index contributed by atoms with van der Waals surface area (Å²) < 4.78 is 10.3. The molecule has 3 aromatic heterocycles. The van der Waals surface area contributed by atoms with E-state index in [9.17, 15) is 9.59 Å². The SMILES string of the molecule is COCCN(C)C(=O)OOc1ncc(C(C)(C)N)c2cc(Nc3ccc4c(n3)[C@@H](C)[C@H](C)OC4=O)ncc12. The molecule has 4 rings (SSSR count). The quantitative estimate of drug-likeness (QED) is 0.252. The van der Waals surface area contributed by atoms with Gasteiger partial charge in [-0.2, -0.15) is 0 Å². The average molecular weight is 525 g/mol. The van der Waals surface area contributed by atoms with E-state index in [1.165, 1.54) is 4.90 Å². The highest BCUT2D eigenvalue weighted by Crippen LogP contribution is 2.34. The number of esters is 1. The van der Waals surface area contributed by atoms with E-state index in [-0.39, 0.29) is 23.9 Å². The monoisotopic (exact) mass is 524 g/mol. The number of nitrogens with one attached hydrogen (secondary N) is 1. The van der Waals surface area contributed by atoms with Gasteiger partial charge in [0.1, 0.15) is 17.7 Å². The van der Waals surface area contributed by atoms with E-state index in [0.29, 0.717) is 46.8 Å². The van der Waals surface area contributed by atoms with Crippen molar-refractivity contribution in [1.29, 1.82) is 0 Å². The Morgan fingerprint density at radius 1 is 1.18 bits per heavy atom. The summed E-state index contributed by atoms with van der Waals surface area (Å²) in [4.78, 5) is 49.5. The van der Waals surface area contributed by atoms with Gasteiger partial charge in [-0.05, 0) is 49.9 Å². The number of carbonyl (C=O) groups excluding carboxylic acids is 2. The van der Waals surface area contributed by atoms with Crippen LogP contribution in [0.5, 0.6) is 5.88 Å². The molecule has 0 bridgehead atoms. The molecular formula is C26H32N6O6. The molecule has 1 aliphatic heterocycles. The van der Waals surface area contributed by atoms with Gasteiger partial charge >= 0.3 is 12.1 Å². The lowest BCUT2D eigenvalue weighted by molar-refractivity contribution is -0.155. The Labute approximate surface area is 220 Å². The van der Waals surface area contributed by atoms with Crippen molar-refractivity contribution in [3.05, 3.63) is 47.4 Å². The fraction of sp³-hybridized carbons (Fsp3) is 0.423. The van der Waals surface area contributed by atoms with Crippen LogP contribution >= 0.6 is 0 Å². The number of aromatic nitrogens is 3. The summed E-state index contributed by atoms with van der Waals surface area (Å²) in [6.45, 7) is 8.21. The maximum Gasteiger partial charge on any atom is 0.452 e. The number of fused-ring (bicyclic) bond motifs is 2. The molecule has 0 unspecified atom stereocenters. The lowest BCUT2D eigenvalue weighted by Crippen LogP contribution is -2.31. The molecule has 3 aromatic rings. The van der Waals surface area contributed by atoms with Gasteiger partial charge in [0.25, 0.3) is 5.88 Å². The van der Waals surface area contributed by atoms with Crippen molar-refractivity contribution in [2.45, 2.75) is 45.3 Å². The highest BCUT2D eigenvalue weighted by molar-refractivity contribution is 5.93. The minimum Gasteiger partial charge on any atom is -0.458 e. The molecule has 2 atom stereocenters. The summed E-state index contributed by atoms with van der Waals surface area (Å²) in [5.41, 5.74) is 7.53. The minimum atomic E-state index is -0.741. The number of nitrogens with two attached hydrogens (primary N) is 1. The number of nitrogens with zero attached hydrogens (tertiary/aromatic N) is 4. The van der Waals surface area contributed by atoms with Crippen LogP contribution in [0, 0.1) is 0 Å². The number of cyclic esters (lactones) is 1. The number of likely N-dealkylation sites (N-methyl/N-ethyl adjacent to an activating group) is 1. The van der Waals surface area contributed by atoms with Crippen molar-refractivity contribution in [2.24, 2.45) is 5.73 Å². The van der Waals surface area contributed by atoms with Crippen LogP contribution in [0.15, 0.2) is 30.6 Å². The molecule has 0 saturated carbocycles. The zero-order valence-corrected chi connectivity index (χ0v) is 22.3. The Kier molecular flexibility index (Phi) is 7.65. The molecule has 202 valence electrons. The first kappa shape index (κ1) is 27.0. The highest BCUT2D eigenvalue weighted by atomic mass is 17.2. The van der Waals surface area contributed by atoms with Crippen LogP contribution in [0.3, 0.4) is 0 Å². The summed E-state index contributed by atoms with van der Waals surface area (Å²) in [6.07, 6.45) is 2.16. The van der Waals surface area contributed by atoms with Gasteiger partial charge in [-0.3, -0.25) is 4.89 Å². The Morgan fingerprint density at radius 2 is 1.95 bits per heavy atom. The standard InChI is InChI=1S/C26H32N6O6/c1-14-15(2)36-24(33)16-7-8-20(31-22(14)16)30-21-11-17-18(12-28-21)23(29-13-19(17)26(3,4)27)37-38-25(34)32(5)9-10-35-6/h7-8,11-15H,9-10,27H2,1-6H3,(H,28,30,31)/t14-,15-/m0/s1. The van der Waals surface area contributed by atoms with Crippen molar-refractivity contribution in [3.8, 4) is 5.88 Å². The number of hydrogen-bond donors (Lipinski definition) is 2. The Hall–Kier alpha value is -4.03. The van der Waals surface area contributed by atoms with Crippen LogP contribution in [0.2, 0.25) is 0 Å². The first-order valence-corrected chi connectivity index (χ1v) is 12.1. The molecular weight excluding hydrogens is 492 g/mol. The number of methoxy groups -OCH3 is 1. The normalized spacial score (nSPS) is 17.0. The number of amides is 1. The Balaban J connectivity index is 1.64. The minimum absolute atomic E-state index is 0.0549. The van der Waals surface area contributed by atoms with Gasteiger partial charge in [-0.15, -0.1) is 0 Å². The molecule has 4 heterocycles. The van der Waals surface area contributed by atoms with Gasteiger partial charge in [0.2, 0.25) is 0 Å². The van der Waals surface area contributed by atoms with Crippen LogP contribution in [0.25, 0.3) is 10.8 Å². The molecule has 0 saturated heterocycles. The van der Waals surface area contributed by atoms with Gasteiger partial charge in [0, 0.05) is 44.6 Å². The molecule has 38 heavy (non-hydrogen) atoms. The lowest BCUT2D eigenvalue weighted by atomic mass is 9.93. The van der Waals surface area contributed by atoms with Crippen molar-refractivity contribution >= 4 is 34.5 Å². The van der Waals surface area contributed by atoms with Crippen LogP contribution in [-0.2, 0) is 19.9 Å². The van der Waals surface area contributed by atoms with Crippen molar-refractivity contribution < 1.29 is 28.8 Å². The second-order valence-corrected chi connectivity index (χ2v) is 9.81. The lowest BCUT2D eigenvalue weighted by Gasteiger charge is -2.27. The summed E-state index contributed by atoms with van der Waals surface area (Å²) in [7, 11) is 3.11. The summed E-state index contributed by atoms with van der Waals surface area (Å²) >= 11 is 0. The van der Waals surface area contributed by atoms with E-state index in [2.05, 4.69) is 20.3 Å². The van der Waals surface area contributed by atoms with Gasteiger partial charge in [-0.1, -0.05) is 6.92 Å². The van der Waals surface area contributed by atoms with Crippen LogP contribution < -0.4 is 15.9 Å². The van der Waals surface area contributed by atoms with E-state index < -0.39 is 11.6 Å². The molecule has 0 spiro atoms. The third-order valence-electron chi connectivity index (χ3n) is 6.39. The molecule has 12 heteroatoms. The summed E-state index contributed by atoms with van der Waals surface area (Å²) in [5.74, 6) is 0.642. The van der Waals surface area contributed by atoms with Crippen LogP contribution in [-0.4, -0.2) is 65.3 Å². The number of anilines is 2. The third kappa shape index (κ3) is 5.60. The molecule has 3 N–H and O–H groups in total. The van der Waals surface area contributed by atoms with Gasteiger partial charge in [0.15, 0.2) is 0 Å². The van der Waals surface area contributed by atoms with E-state index >= 15 is 0 Å². The van der Waals surface area contributed by atoms with E-state index in [4.69, 9.17) is 25.0 Å². The topological polar surface area (TPSA) is 151 Å². The number of pyridine rings is 3. The average Bonchev–Trinajstić information content (AvgIpc) is 2.87. The van der Waals surface area contributed by atoms with E-state index in [1.807, 2.05) is 27.7 Å². The van der Waals surface area contributed by atoms with Crippen LogP contribution in [0.4, 0.5) is 16.4 Å². The van der Waals surface area contributed by atoms with Gasteiger partial charge < -0.3 is 25.4 Å². The maximum absolute atomic E-state index is 12.2. The molecule has 0 radical (unpaired) electrons. The van der Waals surface area contributed by atoms with Crippen molar-refractivity contribution in [3.63, 3.8) is 0 Å². The van der Waals surface area contributed by atoms with E-state index in [0.717, 1.165) is 5.56 Å². The first-order valence-electron chi connectivity index (χ1n) is 12.1. The van der Waals surface area contributed by atoms with E-state index in [1.54, 1.807) is 44.8 Å². The fourth-order valence-electron chi connectivity index (χ4n) is 3.97. The zero-order chi connectivity index (χ0) is 27.6. The molecule has 12 nitrogen and oxygen atoms in total. The largest absolute Gasteiger partial charge is 0.458 e. The molecule has 1 aliphatic rings. The molecule has 0 aliphatic carbocycles. The number of hydrogen-bond acceptors (Lipinski definition) is 11. The Morgan fingerprint density at radius 3 is 2.66 bits per heavy atom. The van der Waals surface area contributed by atoms with Crippen molar-refractivity contribution in [1.82, 2.24) is 19.9 Å². The predicted octanol–water partition coefficient (Wildman–Crippen LogP) is 3.63. The predicted molar refractivity (Wildman–Crippen MR) is 139 cm³/mol. The highest BCUT2D eigenvalue weighted by Gasteiger charge is 2.31. The molecule has 0 aromatic carbocycles. The second kappa shape index (κ2) is 10.8. The Bertz CT molecular complexity index is 1360. The van der Waals surface area contributed by atoms with Gasteiger partial charge in [-0.25, -0.2) is 29.4 Å². The number of ether oxygens (including phenoxy) is 2. The smallest absolute Gasteiger partial charge is 0.452 e. The second-order valence-electron chi connectivity index (χ2n) is 9.81. The maximum atomic E-state index is 12.2. The first-order chi connectivity index (χ1) is 18.0. The summed E-state index contributed by atoms with van der Waals surface area (Å²) in [5, 5.41) is 4.40. The zero-order valence-electron chi connectivity index (χ0n) is 22.3. The molecule has 0 fully saturated rings.